The Morgan fingerprint density at radius 2 is 2.00 bits per heavy atom. The highest BCUT2D eigenvalue weighted by atomic mass is 35.5. The Morgan fingerprint density at radius 3 is 2.53 bits per heavy atom. The van der Waals surface area contributed by atoms with Gasteiger partial charge in [0.1, 0.15) is 5.82 Å². The summed E-state index contributed by atoms with van der Waals surface area (Å²) in [7, 11) is 0. The van der Waals surface area contributed by atoms with Crippen LogP contribution in [-0.4, -0.2) is 6.54 Å². The van der Waals surface area contributed by atoms with Gasteiger partial charge in [0.15, 0.2) is 0 Å². The maximum absolute atomic E-state index is 12.8. The van der Waals surface area contributed by atoms with Crippen molar-refractivity contribution in [3.63, 3.8) is 0 Å². The van der Waals surface area contributed by atoms with Crippen LogP contribution in [0.15, 0.2) is 17.2 Å². The minimum Gasteiger partial charge on any atom is -0.207 e. The summed E-state index contributed by atoms with van der Waals surface area (Å²) in [5.41, 5.74) is 8.32. The van der Waals surface area contributed by atoms with Crippen molar-refractivity contribution in [3.8, 4) is 11.8 Å². The van der Waals surface area contributed by atoms with E-state index >= 15 is 0 Å². The number of rotatable bonds is 1. The van der Waals surface area contributed by atoms with Crippen LogP contribution in [0.2, 0.25) is 10.0 Å². The van der Waals surface area contributed by atoms with Crippen LogP contribution in [-0.2, 0) is 0 Å². The van der Waals surface area contributed by atoms with Crippen LogP contribution in [0.3, 0.4) is 0 Å². The summed E-state index contributed by atoms with van der Waals surface area (Å²) in [6.07, 6.45) is 0. The van der Waals surface area contributed by atoms with E-state index in [0.717, 1.165) is 12.1 Å². The molecule has 0 unspecified atom stereocenters. The average molecular weight is 244 g/mol. The van der Waals surface area contributed by atoms with Crippen molar-refractivity contribution in [1.29, 1.82) is 0 Å². The second kappa shape index (κ2) is 5.47. The monoisotopic (exact) mass is 243 g/mol. The fraction of sp³-hybridized carbons (Fsp3) is 0.111. The van der Waals surface area contributed by atoms with E-state index < -0.39 is 5.82 Å². The summed E-state index contributed by atoms with van der Waals surface area (Å²) >= 11 is 11.4. The number of hydrogen-bond donors (Lipinski definition) is 0. The number of benzene rings is 1. The van der Waals surface area contributed by atoms with Gasteiger partial charge in [-0.25, -0.2) is 4.39 Å². The number of hydrogen-bond acceptors (Lipinski definition) is 1. The highest BCUT2D eigenvalue weighted by Gasteiger charge is 2.05. The zero-order chi connectivity index (χ0) is 11.3. The molecular formula is C9H4Cl2FN3. The Labute approximate surface area is 95.4 Å². The quantitative estimate of drug-likeness (QED) is 0.312. The Morgan fingerprint density at radius 1 is 1.40 bits per heavy atom. The Kier molecular flexibility index (Phi) is 4.26. The van der Waals surface area contributed by atoms with Crippen molar-refractivity contribution in [2.24, 2.45) is 5.11 Å². The van der Waals surface area contributed by atoms with Crippen LogP contribution in [0, 0.1) is 17.7 Å². The molecule has 15 heavy (non-hydrogen) atoms. The minimum atomic E-state index is -0.523. The van der Waals surface area contributed by atoms with Gasteiger partial charge in [0, 0.05) is 4.91 Å². The molecule has 0 aliphatic heterocycles. The molecular weight excluding hydrogens is 240 g/mol. The first-order valence-corrected chi connectivity index (χ1v) is 4.55. The van der Waals surface area contributed by atoms with Gasteiger partial charge in [-0.15, -0.1) is 0 Å². The summed E-state index contributed by atoms with van der Waals surface area (Å²) in [5.74, 6) is 4.62. The molecule has 0 atom stereocenters. The van der Waals surface area contributed by atoms with E-state index in [1.165, 1.54) is 0 Å². The third-order valence-corrected chi connectivity index (χ3v) is 2.03. The predicted octanol–water partition coefficient (Wildman–Crippen LogP) is 3.79. The van der Waals surface area contributed by atoms with Crippen molar-refractivity contribution >= 4 is 23.2 Å². The molecule has 0 radical (unpaired) electrons. The summed E-state index contributed by atoms with van der Waals surface area (Å²) < 4.78 is 12.8. The van der Waals surface area contributed by atoms with E-state index in [0.29, 0.717) is 5.56 Å². The van der Waals surface area contributed by atoms with E-state index in [4.69, 9.17) is 28.7 Å². The summed E-state index contributed by atoms with van der Waals surface area (Å²) in [5, 5.41) is 3.48. The molecule has 0 fully saturated rings. The number of azide groups is 1. The first kappa shape index (κ1) is 11.7. The molecule has 0 N–H and O–H groups in total. The molecule has 0 saturated heterocycles. The van der Waals surface area contributed by atoms with Crippen molar-refractivity contribution in [3.05, 3.63) is 44.0 Å². The first-order chi connectivity index (χ1) is 7.15. The maximum Gasteiger partial charge on any atom is 0.126 e. The van der Waals surface area contributed by atoms with Crippen LogP contribution >= 0.6 is 23.2 Å². The van der Waals surface area contributed by atoms with Crippen molar-refractivity contribution < 1.29 is 4.39 Å². The molecule has 0 amide bonds. The van der Waals surface area contributed by atoms with Gasteiger partial charge in [-0.3, -0.25) is 0 Å². The molecule has 3 nitrogen and oxygen atoms in total. The summed E-state index contributed by atoms with van der Waals surface area (Å²) in [6, 6.07) is 2.23. The smallest absolute Gasteiger partial charge is 0.126 e. The number of nitrogens with zero attached hydrogens (tertiary/aromatic N) is 3. The van der Waals surface area contributed by atoms with Gasteiger partial charge < -0.3 is 0 Å². The molecule has 0 aliphatic rings. The van der Waals surface area contributed by atoms with Gasteiger partial charge in [0.2, 0.25) is 0 Å². The molecule has 1 aromatic rings. The Balaban J connectivity index is 3.02. The molecule has 0 heterocycles. The lowest BCUT2D eigenvalue weighted by Crippen LogP contribution is -1.83. The van der Waals surface area contributed by atoms with Gasteiger partial charge in [-0.1, -0.05) is 40.2 Å². The van der Waals surface area contributed by atoms with Crippen LogP contribution in [0.4, 0.5) is 4.39 Å². The predicted molar refractivity (Wildman–Crippen MR) is 57.3 cm³/mol. The van der Waals surface area contributed by atoms with Gasteiger partial charge in [0.25, 0.3) is 0 Å². The molecule has 0 aliphatic carbocycles. The van der Waals surface area contributed by atoms with Crippen LogP contribution in [0.5, 0.6) is 0 Å². The maximum atomic E-state index is 12.8. The second-order valence-corrected chi connectivity index (χ2v) is 3.25. The molecule has 6 heteroatoms. The van der Waals surface area contributed by atoms with Crippen molar-refractivity contribution in [2.45, 2.75) is 0 Å². The highest BCUT2D eigenvalue weighted by molar-refractivity contribution is 6.36. The third kappa shape index (κ3) is 3.34. The third-order valence-electron chi connectivity index (χ3n) is 1.43. The van der Waals surface area contributed by atoms with Crippen LogP contribution in [0.1, 0.15) is 5.56 Å². The van der Waals surface area contributed by atoms with E-state index in [1.807, 2.05) is 0 Å². The van der Waals surface area contributed by atoms with E-state index in [-0.39, 0.29) is 16.6 Å². The molecule has 1 rings (SSSR count). The molecule has 0 saturated carbocycles. The normalized spacial score (nSPS) is 8.73. The van der Waals surface area contributed by atoms with Crippen LogP contribution < -0.4 is 0 Å². The van der Waals surface area contributed by atoms with Gasteiger partial charge in [0.05, 0.1) is 22.2 Å². The van der Waals surface area contributed by atoms with Crippen molar-refractivity contribution in [2.75, 3.05) is 6.54 Å². The molecule has 0 bridgehead atoms. The van der Waals surface area contributed by atoms with Crippen molar-refractivity contribution in [1.82, 2.24) is 0 Å². The SMILES string of the molecule is [N-]=[N+]=NCC#Cc1c(Cl)cc(F)cc1Cl. The van der Waals surface area contributed by atoms with Gasteiger partial charge >= 0.3 is 0 Å². The fourth-order valence-corrected chi connectivity index (χ4v) is 1.41. The van der Waals surface area contributed by atoms with E-state index in [2.05, 4.69) is 21.9 Å². The zero-order valence-corrected chi connectivity index (χ0v) is 8.85. The lowest BCUT2D eigenvalue weighted by Gasteiger charge is -1.98. The molecule has 0 aromatic heterocycles. The average Bonchev–Trinajstić information content (AvgIpc) is 2.15. The van der Waals surface area contributed by atoms with Crippen LogP contribution in [0.25, 0.3) is 10.4 Å². The Hall–Kier alpha value is -1.40. The molecule has 0 spiro atoms. The Bertz CT molecular complexity index is 461. The van der Waals surface area contributed by atoms with Gasteiger partial charge in [-0.2, -0.15) is 0 Å². The lowest BCUT2D eigenvalue weighted by atomic mass is 10.2. The highest BCUT2D eigenvalue weighted by Crippen LogP contribution is 2.24. The molecule has 1 aromatic carbocycles. The zero-order valence-electron chi connectivity index (χ0n) is 7.34. The van der Waals surface area contributed by atoms with E-state index in [1.54, 1.807) is 0 Å². The second-order valence-electron chi connectivity index (χ2n) is 2.44. The summed E-state index contributed by atoms with van der Waals surface area (Å²) in [4.78, 5) is 2.52. The van der Waals surface area contributed by atoms with Gasteiger partial charge in [-0.05, 0) is 17.7 Å². The summed E-state index contributed by atoms with van der Waals surface area (Å²) in [6.45, 7) is 0.0144. The standard InChI is InChI=1S/C9H4Cl2FN3/c10-8-4-6(12)5-9(11)7(8)2-1-3-14-15-13/h4-5H,3H2. The minimum absolute atomic E-state index is 0.0144. The fourth-order valence-electron chi connectivity index (χ4n) is 0.857. The topological polar surface area (TPSA) is 48.8 Å². The van der Waals surface area contributed by atoms with E-state index in [9.17, 15) is 4.39 Å². The lowest BCUT2D eigenvalue weighted by molar-refractivity contribution is 0.628. The largest absolute Gasteiger partial charge is 0.207 e. The first-order valence-electron chi connectivity index (χ1n) is 3.79. The molecule has 76 valence electrons. The number of halogens is 3.